The average Bonchev–Trinajstić information content (AvgIpc) is 3.33. The molecule has 1 aliphatic rings. The number of benzene rings is 1. The standard InChI is InChI=1S/C17H14ClFN4OS2/c18-11-3-1-4-12(19)14(11)16(24)22-6-8-23(9-7-22)17-21-20-15(26-17)13-5-2-10-25-13/h1-5,10H,6-9H2. The van der Waals surface area contributed by atoms with Gasteiger partial charge in [-0.1, -0.05) is 35.1 Å². The summed E-state index contributed by atoms with van der Waals surface area (Å²) in [6.45, 7) is 2.21. The van der Waals surface area contributed by atoms with E-state index in [2.05, 4.69) is 15.1 Å². The minimum absolute atomic E-state index is 0.0569. The van der Waals surface area contributed by atoms with E-state index < -0.39 is 5.82 Å². The Balaban J connectivity index is 1.44. The molecule has 0 aliphatic carbocycles. The molecule has 2 aromatic heterocycles. The van der Waals surface area contributed by atoms with Gasteiger partial charge in [0.2, 0.25) is 5.13 Å². The van der Waals surface area contributed by atoms with Gasteiger partial charge in [-0.05, 0) is 23.6 Å². The van der Waals surface area contributed by atoms with Gasteiger partial charge in [0.05, 0.1) is 15.5 Å². The van der Waals surface area contributed by atoms with E-state index in [1.165, 1.54) is 29.5 Å². The molecule has 0 saturated carbocycles. The molecule has 4 rings (SSSR count). The summed E-state index contributed by atoms with van der Waals surface area (Å²) in [4.78, 5) is 17.4. The number of halogens is 2. The Morgan fingerprint density at radius 2 is 1.92 bits per heavy atom. The van der Waals surface area contributed by atoms with Crippen molar-refractivity contribution in [3.8, 4) is 9.88 Å². The van der Waals surface area contributed by atoms with Gasteiger partial charge in [0, 0.05) is 26.2 Å². The van der Waals surface area contributed by atoms with E-state index in [0.29, 0.717) is 26.2 Å². The second-order valence-electron chi connectivity index (χ2n) is 5.74. The van der Waals surface area contributed by atoms with Gasteiger partial charge in [-0.2, -0.15) is 0 Å². The monoisotopic (exact) mass is 408 g/mol. The summed E-state index contributed by atoms with van der Waals surface area (Å²) in [7, 11) is 0. The molecule has 0 atom stereocenters. The van der Waals surface area contributed by atoms with E-state index in [1.807, 2.05) is 17.5 Å². The smallest absolute Gasteiger partial charge is 0.258 e. The van der Waals surface area contributed by atoms with Gasteiger partial charge in [-0.25, -0.2) is 4.39 Å². The highest BCUT2D eigenvalue weighted by molar-refractivity contribution is 7.22. The molecule has 1 aromatic carbocycles. The third-order valence-electron chi connectivity index (χ3n) is 4.16. The maximum absolute atomic E-state index is 14.0. The fourth-order valence-corrected chi connectivity index (χ4v) is 4.74. The van der Waals surface area contributed by atoms with Crippen molar-refractivity contribution in [2.45, 2.75) is 0 Å². The molecule has 3 heterocycles. The predicted molar refractivity (Wildman–Crippen MR) is 103 cm³/mol. The zero-order valence-electron chi connectivity index (χ0n) is 13.6. The van der Waals surface area contributed by atoms with Gasteiger partial charge in [0.15, 0.2) is 5.01 Å². The summed E-state index contributed by atoms with van der Waals surface area (Å²) >= 11 is 9.17. The molecule has 0 spiro atoms. The first-order valence-electron chi connectivity index (χ1n) is 7.99. The normalized spacial score (nSPS) is 14.7. The Kier molecular flexibility index (Phi) is 4.88. The molecule has 3 aromatic rings. The minimum atomic E-state index is -0.588. The summed E-state index contributed by atoms with van der Waals surface area (Å²) in [5.74, 6) is -0.959. The Labute approximate surface area is 162 Å². The summed E-state index contributed by atoms with van der Waals surface area (Å²) in [5.41, 5.74) is -0.0569. The van der Waals surface area contributed by atoms with Crippen molar-refractivity contribution < 1.29 is 9.18 Å². The number of thiophene rings is 1. The van der Waals surface area contributed by atoms with E-state index in [0.717, 1.165) is 15.0 Å². The van der Waals surface area contributed by atoms with Crippen LogP contribution in [0.1, 0.15) is 10.4 Å². The van der Waals surface area contributed by atoms with Crippen molar-refractivity contribution in [1.82, 2.24) is 15.1 Å². The molecule has 5 nitrogen and oxygen atoms in total. The molecular formula is C17H14ClFN4OS2. The van der Waals surface area contributed by atoms with Crippen LogP contribution >= 0.6 is 34.3 Å². The first-order chi connectivity index (χ1) is 12.6. The van der Waals surface area contributed by atoms with Crippen molar-refractivity contribution in [3.05, 3.63) is 52.1 Å². The second-order valence-corrected chi connectivity index (χ2v) is 8.05. The fraction of sp³-hybridized carbons (Fsp3) is 0.235. The zero-order chi connectivity index (χ0) is 18.1. The summed E-state index contributed by atoms with van der Waals surface area (Å²) in [6.07, 6.45) is 0. The minimum Gasteiger partial charge on any atom is -0.343 e. The predicted octanol–water partition coefficient (Wildman–Crippen LogP) is 4.02. The number of nitrogens with zero attached hydrogens (tertiary/aromatic N) is 4. The van der Waals surface area contributed by atoms with Crippen LogP contribution in [0.2, 0.25) is 5.02 Å². The number of hydrogen-bond donors (Lipinski definition) is 0. The molecule has 26 heavy (non-hydrogen) atoms. The van der Waals surface area contributed by atoms with E-state index in [4.69, 9.17) is 11.6 Å². The number of amides is 1. The van der Waals surface area contributed by atoms with Crippen molar-refractivity contribution in [2.75, 3.05) is 31.1 Å². The highest BCUT2D eigenvalue weighted by atomic mass is 35.5. The number of anilines is 1. The van der Waals surface area contributed by atoms with Gasteiger partial charge in [-0.15, -0.1) is 21.5 Å². The Hall–Kier alpha value is -2.03. The summed E-state index contributed by atoms with van der Waals surface area (Å²) in [5, 5.41) is 12.4. The maximum atomic E-state index is 14.0. The van der Waals surface area contributed by atoms with Crippen LogP contribution in [-0.4, -0.2) is 47.2 Å². The van der Waals surface area contributed by atoms with Gasteiger partial charge < -0.3 is 9.80 Å². The molecule has 0 unspecified atom stereocenters. The summed E-state index contributed by atoms with van der Waals surface area (Å²) < 4.78 is 14.0. The lowest BCUT2D eigenvalue weighted by Crippen LogP contribution is -2.49. The lowest BCUT2D eigenvalue weighted by Gasteiger charge is -2.34. The topological polar surface area (TPSA) is 49.3 Å². The molecule has 0 radical (unpaired) electrons. The van der Waals surface area contributed by atoms with Crippen LogP contribution in [-0.2, 0) is 0 Å². The second kappa shape index (κ2) is 7.30. The number of rotatable bonds is 3. The number of carbonyl (C=O) groups is 1. The van der Waals surface area contributed by atoms with Crippen LogP contribution in [0.4, 0.5) is 9.52 Å². The Morgan fingerprint density at radius 3 is 2.62 bits per heavy atom. The van der Waals surface area contributed by atoms with E-state index >= 15 is 0 Å². The maximum Gasteiger partial charge on any atom is 0.258 e. The molecule has 1 aliphatic heterocycles. The number of piperazine rings is 1. The van der Waals surface area contributed by atoms with Crippen LogP contribution < -0.4 is 4.90 Å². The lowest BCUT2D eigenvalue weighted by molar-refractivity contribution is 0.0742. The SMILES string of the molecule is O=C(c1c(F)cccc1Cl)N1CCN(c2nnc(-c3cccs3)s2)CC1. The van der Waals surface area contributed by atoms with Crippen LogP contribution in [0, 0.1) is 5.82 Å². The highest BCUT2D eigenvalue weighted by Gasteiger charge is 2.27. The first-order valence-corrected chi connectivity index (χ1v) is 10.1. The highest BCUT2D eigenvalue weighted by Crippen LogP contribution is 2.32. The zero-order valence-corrected chi connectivity index (χ0v) is 16.0. The molecule has 9 heteroatoms. The lowest BCUT2D eigenvalue weighted by atomic mass is 10.1. The van der Waals surface area contributed by atoms with Crippen LogP contribution in [0.5, 0.6) is 0 Å². The van der Waals surface area contributed by atoms with Crippen molar-refractivity contribution >= 4 is 45.3 Å². The van der Waals surface area contributed by atoms with Gasteiger partial charge in [0.25, 0.3) is 5.91 Å². The molecule has 1 fully saturated rings. The van der Waals surface area contributed by atoms with Crippen molar-refractivity contribution in [1.29, 1.82) is 0 Å². The molecule has 0 bridgehead atoms. The number of carbonyl (C=O) groups excluding carboxylic acids is 1. The van der Waals surface area contributed by atoms with Gasteiger partial charge >= 0.3 is 0 Å². The summed E-state index contributed by atoms with van der Waals surface area (Å²) in [6, 6.07) is 8.28. The molecule has 0 N–H and O–H groups in total. The van der Waals surface area contributed by atoms with Gasteiger partial charge in [0.1, 0.15) is 5.82 Å². The number of aromatic nitrogens is 2. The third-order valence-corrected chi connectivity index (χ3v) is 6.50. The Morgan fingerprint density at radius 1 is 1.12 bits per heavy atom. The quantitative estimate of drug-likeness (QED) is 0.656. The average molecular weight is 409 g/mol. The van der Waals surface area contributed by atoms with E-state index in [-0.39, 0.29) is 16.5 Å². The van der Waals surface area contributed by atoms with Gasteiger partial charge in [-0.3, -0.25) is 4.79 Å². The number of hydrogen-bond acceptors (Lipinski definition) is 6. The van der Waals surface area contributed by atoms with Crippen LogP contribution in [0.15, 0.2) is 35.7 Å². The fourth-order valence-electron chi connectivity index (χ4n) is 2.80. The van der Waals surface area contributed by atoms with Crippen LogP contribution in [0.25, 0.3) is 9.88 Å². The molecule has 1 amide bonds. The molecule has 134 valence electrons. The third kappa shape index (κ3) is 3.32. The largest absolute Gasteiger partial charge is 0.343 e. The van der Waals surface area contributed by atoms with E-state index in [9.17, 15) is 9.18 Å². The van der Waals surface area contributed by atoms with Crippen LogP contribution in [0.3, 0.4) is 0 Å². The first kappa shape index (κ1) is 17.4. The van der Waals surface area contributed by atoms with Crippen molar-refractivity contribution in [2.24, 2.45) is 0 Å². The van der Waals surface area contributed by atoms with Crippen molar-refractivity contribution in [3.63, 3.8) is 0 Å². The van der Waals surface area contributed by atoms with E-state index in [1.54, 1.807) is 16.2 Å². The Bertz CT molecular complexity index is 903. The molecule has 1 saturated heterocycles. The molecular weight excluding hydrogens is 395 g/mol.